The lowest BCUT2D eigenvalue weighted by Gasteiger charge is -2.25. The van der Waals surface area contributed by atoms with Crippen molar-refractivity contribution in [1.82, 2.24) is 19.9 Å². The average molecular weight is 152 g/mol. The van der Waals surface area contributed by atoms with E-state index in [2.05, 4.69) is 22.1 Å². The first-order valence-electron chi connectivity index (χ1n) is 4.00. The molecule has 0 saturated carbocycles. The third-order valence-corrected chi connectivity index (χ3v) is 2.16. The van der Waals surface area contributed by atoms with E-state index in [4.69, 9.17) is 0 Å². The second-order valence-corrected chi connectivity index (χ2v) is 2.82. The Morgan fingerprint density at radius 3 is 3.27 bits per heavy atom. The number of fused-ring (bicyclic) bond motifs is 1. The molecule has 0 atom stereocenters. The van der Waals surface area contributed by atoms with Gasteiger partial charge in [0.2, 0.25) is 0 Å². The summed E-state index contributed by atoms with van der Waals surface area (Å²) in [4.78, 5) is 2.39. The Kier molecular flexibility index (Phi) is 1.62. The van der Waals surface area contributed by atoms with Gasteiger partial charge in [-0.2, -0.15) is 0 Å². The Morgan fingerprint density at radius 2 is 2.45 bits per heavy atom. The van der Waals surface area contributed by atoms with Crippen LogP contribution in [-0.4, -0.2) is 33.0 Å². The number of likely N-dealkylation sites (N-methyl/N-ethyl adjacent to an activating group) is 1. The smallest absolute Gasteiger partial charge is 0.0738 e. The molecule has 0 bridgehead atoms. The summed E-state index contributed by atoms with van der Waals surface area (Å²) in [5.41, 5.74) is 1.23. The normalized spacial score (nSPS) is 18.3. The largest absolute Gasteiger partial charge is 0.296 e. The molecule has 11 heavy (non-hydrogen) atoms. The van der Waals surface area contributed by atoms with E-state index in [9.17, 15) is 0 Å². The van der Waals surface area contributed by atoms with E-state index in [1.54, 1.807) is 0 Å². The van der Waals surface area contributed by atoms with Crippen molar-refractivity contribution >= 4 is 0 Å². The first kappa shape index (κ1) is 6.79. The van der Waals surface area contributed by atoms with Crippen molar-refractivity contribution in [3.8, 4) is 0 Å². The maximum Gasteiger partial charge on any atom is 0.0738 e. The quantitative estimate of drug-likeness (QED) is 0.573. The van der Waals surface area contributed by atoms with Crippen molar-refractivity contribution in [2.24, 2.45) is 0 Å². The third-order valence-electron chi connectivity index (χ3n) is 2.16. The molecule has 1 aliphatic rings. The van der Waals surface area contributed by atoms with E-state index < -0.39 is 0 Å². The van der Waals surface area contributed by atoms with Crippen molar-refractivity contribution in [2.75, 3.05) is 13.1 Å². The van der Waals surface area contributed by atoms with Gasteiger partial charge in [-0.3, -0.25) is 4.90 Å². The van der Waals surface area contributed by atoms with Crippen LogP contribution in [0.5, 0.6) is 0 Å². The number of aromatic nitrogens is 3. The summed E-state index contributed by atoms with van der Waals surface area (Å²) in [5.74, 6) is 0. The minimum atomic E-state index is 0.989. The van der Waals surface area contributed by atoms with Crippen molar-refractivity contribution in [1.29, 1.82) is 0 Å². The summed E-state index contributed by atoms with van der Waals surface area (Å²) in [6.45, 7) is 6.39. The molecule has 1 aromatic rings. The van der Waals surface area contributed by atoms with Crippen LogP contribution in [0.4, 0.5) is 0 Å². The molecule has 0 amide bonds. The Bertz CT molecular complexity index is 242. The molecule has 0 aromatic carbocycles. The van der Waals surface area contributed by atoms with Crippen LogP contribution in [0.1, 0.15) is 12.6 Å². The SMILES string of the molecule is CCN1CCn2nncc2C1. The van der Waals surface area contributed by atoms with Gasteiger partial charge in [0.15, 0.2) is 0 Å². The minimum absolute atomic E-state index is 0.989. The summed E-state index contributed by atoms with van der Waals surface area (Å²) in [7, 11) is 0. The maximum atomic E-state index is 3.97. The number of hydrogen-bond donors (Lipinski definition) is 0. The Morgan fingerprint density at radius 1 is 1.55 bits per heavy atom. The third kappa shape index (κ3) is 1.14. The van der Waals surface area contributed by atoms with Gasteiger partial charge in [0.05, 0.1) is 18.4 Å². The fourth-order valence-electron chi connectivity index (χ4n) is 1.40. The molecule has 2 rings (SSSR count). The molecule has 0 fully saturated rings. The minimum Gasteiger partial charge on any atom is -0.296 e. The van der Waals surface area contributed by atoms with Crippen LogP contribution in [0.15, 0.2) is 6.20 Å². The molecular weight excluding hydrogens is 140 g/mol. The summed E-state index contributed by atoms with van der Waals surface area (Å²) in [6, 6.07) is 0. The summed E-state index contributed by atoms with van der Waals surface area (Å²) >= 11 is 0. The van der Waals surface area contributed by atoms with Crippen LogP contribution in [0, 0.1) is 0 Å². The van der Waals surface area contributed by atoms with E-state index in [1.165, 1.54) is 5.69 Å². The molecule has 0 saturated heterocycles. The predicted octanol–water partition coefficient (Wildman–Crippen LogP) is 0.114. The molecule has 0 radical (unpaired) electrons. The van der Waals surface area contributed by atoms with Crippen molar-refractivity contribution in [2.45, 2.75) is 20.0 Å². The first-order valence-corrected chi connectivity index (χ1v) is 4.00. The molecule has 60 valence electrons. The average Bonchev–Trinajstić information content (AvgIpc) is 2.50. The van der Waals surface area contributed by atoms with Crippen LogP contribution >= 0.6 is 0 Å². The highest BCUT2D eigenvalue weighted by atomic mass is 15.4. The van der Waals surface area contributed by atoms with Crippen molar-refractivity contribution in [3.05, 3.63) is 11.9 Å². The fraction of sp³-hybridized carbons (Fsp3) is 0.714. The van der Waals surface area contributed by atoms with Gasteiger partial charge in [-0.1, -0.05) is 12.1 Å². The van der Waals surface area contributed by atoms with Gasteiger partial charge in [0.25, 0.3) is 0 Å². The van der Waals surface area contributed by atoms with Crippen LogP contribution in [0.25, 0.3) is 0 Å². The summed E-state index contributed by atoms with van der Waals surface area (Å²) in [5, 5.41) is 7.82. The van der Waals surface area contributed by atoms with Crippen LogP contribution < -0.4 is 0 Å². The van der Waals surface area contributed by atoms with Gasteiger partial charge in [-0.15, -0.1) is 5.10 Å². The van der Waals surface area contributed by atoms with Gasteiger partial charge in [-0.25, -0.2) is 4.68 Å². The molecule has 4 nitrogen and oxygen atoms in total. The molecule has 0 spiro atoms. The van der Waals surface area contributed by atoms with E-state index in [1.807, 2.05) is 10.9 Å². The number of hydrogen-bond acceptors (Lipinski definition) is 3. The topological polar surface area (TPSA) is 34.0 Å². The molecule has 0 aliphatic carbocycles. The van der Waals surface area contributed by atoms with E-state index in [0.717, 1.165) is 26.2 Å². The zero-order chi connectivity index (χ0) is 7.68. The maximum absolute atomic E-state index is 3.97. The second kappa shape index (κ2) is 2.62. The highest BCUT2D eigenvalue weighted by Gasteiger charge is 2.14. The summed E-state index contributed by atoms with van der Waals surface area (Å²) < 4.78 is 1.98. The standard InChI is InChI=1S/C7H12N4/c1-2-10-3-4-11-7(6-10)5-8-9-11/h5H,2-4,6H2,1H3. The first-order chi connectivity index (χ1) is 5.40. The van der Waals surface area contributed by atoms with Gasteiger partial charge in [0, 0.05) is 13.1 Å². The van der Waals surface area contributed by atoms with Crippen molar-refractivity contribution in [3.63, 3.8) is 0 Å². The fourth-order valence-corrected chi connectivity index (χ4v) is 1.40. The molecule has 2 heterocycles. The van der Waals surface area contributed by atoms with Crippen LogP contribution in [-0.2, 0) is 13.1 Å². The Hall–Kier alpha value is -0.900. The lowest BCUT2D eigenvalue weighted by atomic mass is 10.3. The molecule has 0 unspecified atom stereocenters. The van der Waals surface area contributed by atoms with Gasteiger partial charge < -0.3 is 0 Å². The zero-order valence-electron chi connectivity index (χ0n) is 6.69. The molecule has 4 heteroatoms. The molecule has 1 aliphatic heterocycles. The Balaban J connectivity index is 2.18. The Labute approximate surface area is 65.8 Å². The van der Waals surface area contributed by atoms with Crippen LogP contribution in [0.3, 0.4) is 0 Å². The molecule has 0 N–H and O–H groups in total. The molecular formula is C7H12N4. The van der Waals surface area contributed by atoms with Gasteiger partial charge in [0.1, 0.15) is 0 Å². The number of nitrogens with zero attached hydrogens (tertiary/aromatic N) is 4. The van der Waals surface area contributed by atoms with E-state index in [-0.39, 0.29) is 0 Å². The highest BCUT2D eigenvalue weighted by Crippen LogP contribution is 2.07. The summed E-state index contributed by atoms with van der Waals surface area (Å²) in [6.07, 6.45) is 1.85. The van der Waals surface area contributed by atoms with E-state index in [0.29, 0.717) is 0 Å². The van der Waals surface area contributed by atoms with Gasteiger partial charge in [-0.05, 0) is 6.54 Å². The monoisotopic (exact) mass is 152 g/mol. The zero-order valence-corrected chi connectivity index (χ0v) is 6.69. The van der Waals surface area contributed by atoms with E-state index >= 15 is 0 Å². The second-order valence-electron chi connectivity index (χ2n) is 2.82. The number of rotatable bonds is 1. The lowest BCUT2D eigenvalue weighted by molar-refractivity contribution is 0.223. The molecule has 1 aromatic heterocycles. The van der Waals surface area contributed by atoms with Crippen molar-refractivity contribution < 1.29 is 0 Å². The van der Waals surface area contributed by atoms with Gasteiger partial charge >= 0.3 is 0 Å². The highest BCUT2D eigenvalue weighted by molar-refractivity contribution is 4.96. The van der Waals surface area contributed by atoms with Crippen LogP contribution in [0.2, 0.25) is 0 Å². The lowest BCUT2D eigenvalue weighted by Crippen LogP contribution is -2.33. The predicted molar refractivity (Wildman–Crippen MR) is 41.0 cm³/mol.